The van der Waals surface area contributed by atoms with Crippen LogP contribution < -0.4 is 9.47 Å². The number of hydrogen-bond donors (Lipinski definition) is 0. The van der Waals surface area contributed by atoms with Crippen LogP contribution in [0.4, 0.5) is 0 Å². The number of ether oxygens (including phenoxy) is 2. The van der Waals surface area contributed by atoms with E-state index in [-0.39, 0.29) is 4.90 Å². The quantitative estimate of drug-likeness (QED) is 0.788. The second-order valence-corrected chi connectivity index (χ2v) is 8.07. The molecule has 22 heavy (non-hydrogen) atoms. The summed E-state index contributed by atoms with van der Waals surface area (Å²) in [6.07, 6.45) is 5.17. The SMILES string of the molecule is COc1cc(Br)c(S(=O)(=O)N2CCCCCCC2)cc1OC. The molecule has 1 fully saturated rings. The lowest BCUT2D eigenvalue weighted by Crippen LogP contribution is -2.34. The summed E-state index contributed by atoms with van der Waals surface area (Å²) in [6.45, 7) is 1.15. The highest BCUT2D eigenvalue weighted by molar-refractivity contribution is 9.10. The monoisotopic (exact) mass is 391 g/mol. The number of benzene rings is 1. The number of rotatable bonds is 4. The van der Waals surface area contributed by atoms with Gasteiger partial charge in [0, 0.05) is 23.6 Å². The highest BCUT2D eigenvalue weighted by atomic mass is 79.9. The van der Waals surface area contributed by atoms with E-state index in [9.17, 15) is 8.42 Å². The minimum absolute atomic E-state index is 0.228. The van der Waals surface area contributed by atoms with Crippen molar-refractivity contribution in [3.05, 3.63) is 16.6 Å². The highest BCUT2D eigenvalue weighted by Gasteiger charge is 2.28. The fraction of sp³-hybridized carbons (Fsp3) is 0.600. The fourth-order valence-corrected chi connectivity index (χ4v) is 5.15. The third-order valence-electron chi connectivity index (χ3n) is 3.87. The van der Waals surface area contributed by atoms with Crippen LogP contribution in [0.5, 0.6) is 11.5 Å². The molecule has 1 aliphatic rings. The Morgan fingerprint density at radius 2 is 1.45 bits per heavy atom. The van der Waals surface area contributed by atoms with E-state index in [4.69, 9.17) is 9.47 Å². The minimum Gasteiger partial charge on any atom is -0.493 e. The second kappa shape index (κ2) is 7.66. The molecular formula is C15H22BrNO4S. The maximum Gasteiger partial charge on any atom is 0.244 e. The molecule has 0 saturated carbocycles. The first-order valence-corrected chi connectivity index (χ1v) is 9.65. The summed E-state index contributed by atoms with van der Waals surface area (Å²) >= 11 is 3.35. The standard InChI is InChI=1S/C15H22BrNO4S/c1-20-13-10-12(16)15(11-14(13)21-2)22(18,19)17-8-6-4-3-5-7-9-17/h10-11H,3-9H2,1-2H3. The molecule has 0 amide bonds. The summed E-state index contributed by atoms with van der Waals surface area (Å²) in [4.78, 5) is 0.228. The Morgan fingerprint density at radius 1 is 0.955 bits per heavy atom. The van der Waals surface area contributed by atoms with Gasteiger partial charge in [-0.25, -0.2) is 8.42 Å². The average Bonchev–Trinajstić information content (AvgIpc) is 2.45. The Balaban J connectivity index is 2.39. The van der Waals surface area contributed by atoms with Crippen LogP contribution in [0, 0.1) is 0 Å². The van der Waals surface area contributed by atoms with Gasteiger partial charge in [0.05, 0.1) is 14.2 Å². The lowest BCUT2D eigenvalue weighted by atomic mass is 10.1. The van der Waals surface area contributed by atoms with Gasteiger partial charge in [-0.3, -0.25) is 0 Å². The summed E-state index contributed by atoms with van der Waals surface area (Å²) in [6, 6.07) is 3.16. The highest BCUT2D eigenvalue weighted by Crippen LogP contribution is 2.37. The van der Waals surface area contributed by atoms with E-state index in [1.165, 1.54) is 26.7 Å². The third-order valence-corrected chi connectivity index (χ3v) is 6.73. The zero-order chi connectivity index (χ0) is 16.2. The largest absolute Gasteiger partial charge is 0.493 e. The first-order chi connectivity index (χ1) is 10.5. The van der Waals surface area contributed by atoms with Crippen molar-refractivity contribution < 1.29 is 17.9 Å². The molecular weight excluding hydrogens is 370 g/mol. The molecule has 2 rings (SSSR count). The maximum absolute atomic E-state index is 12.9. The molecule has 0 bridgehead atoms. The molecule has 0 spiro atoms. The lowest BCUT2D eigenvalue weighted by Gasteiger charge is -2.25. The van der Waals surface area contributed by atoms with Crippen LogP contribution in [0.2, 0.25) is 0 Å². The molecule has 0 aromatic heterocycles. The number of methoxy groups -OCH3 is 2. The Labute approximate surface area is 140 Å². The van der Waals surface area contributed by atoms with Crippen molar-refractivity contribution in [3.8, 4) is 11.5 Å². The molecule has 1 aromatic carbocycles. The Kier molecular flexibility index (Phi) is 6.11. The van der Waals surface area contributed by atoms with Gasteiger partial charge in [0.25, 0.3) is 0 Å². The minimum atomic E-state index is -3.54. The van der Waals surface area contributed by atoms with Gasteiger partial charge >= 0.3 is 0 Å². The number of halogens is 1. The van der Waals surface area contributed by atoms with E-state index in [0.717, 1.165) is 25.7 Å². The zero-order valence-electron chi connectivity index (χ0n) is 13.0. The number of hydrogen-bond acceptors (Lipinski definition) is 4. The van der Waals surface area contributed by atoms with Gasteiger partial charge in [-0.05, 0) is 34.8 Å². The Hall–Kier alpha value is -0.790. The molecule has 0 radical (unpaired) electrons. The molecule has 0 atom stereocenters. The third kappa shape index (κ3) is 3.75. The topological polar surface area (TPSA) is 55.8 Å². The lowest BCUT2D eigenvalue weighted by molar-refractivity contribution is 0.351. The normalized spacial score (nSPS) is 17.6. The molecule has 5 nitrogen and oxygen atoms in total. The van der Waals surface area contributed by atoms with Crippen LogP contribution in [-0.4, -0.2) is 40.0 Å². The van der Waals surface area contributed by atoms with Gasteiger partial charge in [-0.15, -0.1) is 0 Å². The Morgan fingerprint density at radius 3 is 2.00 bits per heavy atom. The molecule has 7 heteroatoms. The number of nitrogens with zero attached hydrogens (tertiary/aromatic N) is 1. The van der Waals surface area contributed by atoms with Crippen LogP contribution >= 0.6 is 15.9 Å². The van der Waals surface area contributed by atoms with Crippen LogP contribution in [0.3, 0.4) is 0 Å². The number of sulfonamides is 1. The average molecular weight is 392 g/mol. The van der Waals surface area contributed by atoms with Crippen molar-refractivity contribution >= 4 is 26.0 Å². The van der Waals surface area contributed by atoms with Crippen molar-refractivity contribution in [1.82, 2.24) is 4.31 Å². The van der Waals surface area contributed by atoms with Crippen molar-refractivity contribution in [1.29, 1.82) is 0 Å². The van der Waals surface area contributed by atoms with Gasteiger partial charge in [-0.2, -0.15) is 4.31 Å². The summed E-state index contributed by atoms with van der Waals surface area (Å²) in [5.41, 5.74) is 0. The van der Waals surface area contributed by atoms with Gasteiger partial charge < -0.3 is 9.47 Å². The van der Waals surface area contributed by atoms with E-state index in [1.807, 2.05) is 0 Å². The molecule has 0 N–H and O–H groups in total. The summed E-state index contributed by atoms with van der Waals surface area (Å²) in [5.74, 6) is 0.914. The van der Waals surface area contributed by atoms with Crippen LogP contribution in [0.25, 0.3) is 0 Å². The van der Waals surface area contributed by atoms with E-state index >= 15 is 0 Å². The predicted molar refractivity (Wildman–Crippen MR) is 89.1 cm³/mol. The summed E-state index contributed by atoms with van der Waals surface area (Å²) in [5, 5.41) is 0. The van der Waals surface area contributed by atoms with Crippen molar-refractivity contribution in [2.75, 3.05) is 27.3 Å². The predicted octanol–water partition coefficient (Wildman–Crippen LogP) is 3.42. The van der Waals surface area contributed by atoms with E-state index in [1.54, 1.807) is 10.4 Å². The molecule has 0 unspecified atom stereocenters. The van der Waals surface area contributed by atoms with Gasteiger partial charge in [-0.1, -0.05) is 19.3 Å². The molecule has 1 heterocycles. The zero-order valence-corrected chi connectivity index (χ0v) is 15.4. The van der Waals surface area contributed by atoms with Gasteiger partial charge in [0.2, 0.25) is 10.0 Å². The van der Waals surface area contributed by atoms with Crippen LogP contribution in [-0.2, 0) is 10.0 Å². The van der Waals surface area contributed by atoms with Crippen LogP contribution in [0.15, 0.2) is 21.5 Å². The first-order valence-electron chi connectivity index (χ1n) is 7.42. The van der Waals surface area contributed by atoms with Crippen LogP contribution in [0.1, 0.15) is 32.1 Å². The van der Waals surface area contributed by atoms with Crippen molar-refractivity contribution in [2.24, 2.45) is 0 Å². The molecule has 1 aromatic rings. The molecule has 124 valence electrons. The molecule has 0 aliphatic carbocycles. The second-order valence-electron chi connectivity index (χ2n) is 5.31. The van der Waals surface area contributed by atoms with Crippen molar-refractivity contribution in [2.45, 2.75) is 37.0 Å². The maximum atomic E-state index is 12.9. The smallest absolute Gasteiger partial charge is 0.244 e. The molecule has 1 saturated heterocycles. The van der Waals surface area contributed by atoms with E-state index in [0.29, 0.717) is 29.1 Å². The summed E-state index contributed by atoms with van der Waals surface area (Å²) < 4.78 is 38.4. The Bertz CT molecular complexity index is 610. The van der Waals surface area contributed by atoms with Gasteiger partial charge in [0.1, 0.15) is 4.90 Å². The first kappa shape index (κ1) is 17.6. The fourth-order valence-electron chi connectivity index (χ4n) is 2.63. The van der Waals surface area contributed by atoms with E-state index < -0.39 is 10.0 Å². The molecule has 1 aliphatic heterocycles. The van der Waals surface area contributed by atoms with E-state index in [2.05, 4.69) is 15.9 Å². The van der Waals surface area contributed by atoms with Crippen molar-refractivity contribution in [3.63, 3.8) is 0 Å². The summed E-state index contributed by atoms with van der Waals surface area (Å²) in [7, 11) is -0.516. The van der Waals surface area contributed by atoms with Gasteiger partial charge in [0.15, 0.2) is 11.5 Å².